The number of hydrogen-bond donors (Lipinski definition) is 1. The van der Waals surface area contributed by atoms with Gasteiger partial charge in [0.1, 0.15) is 11.5 Å². The molecular formula is C16H25NO3. The summed E-state index contributed by atoms with van der Waals surface area (Å²) in [4.78, 5) is 0. The summed E-state index contributed by atoms with van der Waals surface area (Å²) in [6, 6.07) is 5.74. The molecule has 1 heterocycles. The van der Waals surface area contributed by atoms with E-state index >= 15 is 0 Å². The lowest BCUT2D eigenvalue weighted by atomic mass is 9.99. The van der Waals surface area contributed by atoms with E-state index in [1.807, 2.05) is 18.2 Å². The summed E-state index contributed by atoms with van der Waals surface area (Å²) in [5, 5.41) is 0. The van der Waals surface area contributed by atoms with Crippen LogP contribution in [0.15, 0.2) is 18.2 Å². The molecule has 0 spiro atoms. The second kappa shape index (κ2) is 7.50. The van der Waals surface area contributed by atoms with Crippen molar-refractivity contribution >= 4 is 0 Å². The minimum Gasteiger partial charge on any atom is -0.497 e. The molecule has 1 aliphatic heterocycles. The first-order valence-electron chi connectivity index (χ1n) is 7.33. The van der Waals surface area contributed by atoms with Gasteiger partial charge in [-0.15, -0.1) is 0 Å². The van der Waals surface area contributed by atoms with Gasteiger partial charge >= 0.3 is 0 Å². The normalized spacial score (nSPS) is 19.9. The molecule has 20 heavy (non-hydrogen) atoms. The Balaban J connectivity index is 1.91. The molecule has 4 heteroatoms. The Bertz CT molecular complexity index is 416. The summed E-state index contributed by atoms with van der Waals surface area (Å²) >= 11 is 0. The molecule has 1 saturated heterocycles. The van der Waals surface area contributed by atoms with E-state index < -0.39 is 0 Å². The van der Waals surface area contributed by atoms with Crippen molar-refractivity contribution in [3.05, 3.63) is 23.8 Å². The second-order valence-electron chi connectivity index (χ2n) is 5.28. The van der Waals surface area contributed by atoms with E-state index in [9.17, 15) is 0 Å². The van der Waals surface area contributed by atoms with Gasteiger partial charge in [-0.1, -0.05) is 0 Å². The molecule has 4 nitrogen and oxygen atoms in total. The molecule has 1 aromatic carbocycles. The van der Waals surface area contributed by atoms with Gasteiger partial charge in [0.25, 0.3) is 0 Å². The third kappa shape index (κ3) is 3.87. The monoisotopic (exact) mass is 279 g/mol. The van der Waals surface area contributed by atoms with Gasteiger partial charge in [0.05, 0.1) is 20.3 Å². The van der Waals surface area contributed by atoms with Crippen molar-refractivity contribution in [2.45, 2.75) is 44.2 Å². The van der Waals surface area contributed by atoms with Crippen molar-refractivity contribution < 1.29 is 14.2 Å². The number of benzene rings is 1. The summed E-state index contributed by atoms with van der Waals surface area (Å²) < 4.78 is 16.3. The molecule has 2 N–H and O–H groups in total. The summed E-state index contributed by atoms with van der Waals surface area (Å²) in [6.45, 7) is 0.917. The predicted molar refractivity (Wildman–Crippen MR) is 79.3 cm³/mol. The Labute approximate surface area is 121 Å². The highest BCUT2D eigenvalue weighted by Gasteiger charge is 2.17. The van der Waals surface area contributed by atoms with Crippen LogP contribution in [0.1, 0.15) is 43.7 Å². The maximum atomic E-state index is 6.30. The number of hydrogen-bond acceptors (Lipinski definition) is 4. The van der Waals surface area contributed by atoms with Crippen molar-refractivity contribution in [3.8, 4) is 11.5 Å². The van der Waals surface area contributed by atoms with Gasteiger partial charge in [0.2, 0.25) is 0 Å². The first-order valence-corrected chi connectivity index (χ1v) is 7.33. The van der Waals surface area contributed by atoms with E-state index in [1.165, 1.54) is 12.8 Å². The SMILES string of the molecule is COc1ccc(OC)c(C(N)CCCC2CCCO2)c1. The molecule has 1 aliphatic rings. The van der Waals surface area contributed by atoms with Crippen LogP contribution in [0.3, 0.4) is 0 Å². The van der Waals surface area contributed by atoms with Gasteiger partial charge in [-0.25, -0.2) is 0 Å². The Hall–Kier alpha value is -1.26. The van der Waals surface area contributed by atoms with Gasteiger partial charge in [-0.3, -0.25) is 0 Å². The fourth-order valence-electron chi connectivity index (χ4n) is 2.72. The summed E-state index contributed by atoms with van der Waals surface area (Å²) in [5.74, 6) is 1.64. The zero-order valence-corrected chi connectivity index (χ0v) is 12.4. The van der Waals surface area contributed by atoms with Gasteiger partial charge in [-0.05, 0) is 50.3 Å². The minimum absolute atomic E-state index is 0.0264. The van der Waals surface area contributed by atoms with E-state index in [-0.39, 0.29) is 6.04 Å². The molecule has 112 valence electrons. The fraction of sp³-hybridized carbons (Fsp3) is 0.625. The van der Waals surface area contributed by atoms with E-state index in [2.05, 4.69) is 0 Å². The summed E-state index contributed by atoms with van der Waals surface area (Å²) in [5.41, 5.74) is 7.32. The first-order chi connectivity index (χ1) is 9.74. The average Bonchev–Trinajstić information content (AvgIpc) is 2.99. The largest absolute Gasteiger partial charge is 0.497 e. The van der Waals surface area contributed by atoms with Crippen LogP contribution in [-0.2, 0) is 4.74 Å². The van der Waals surface area contributed by atoms with Crippen LogP contribution in [-0.4, -0.2) is 26.9 Å². The predicted octanol–water partition coefficient (Wildman–Crippen LogP) is 3.05. The lowest BCUT2D eigenvalue weighted by molar-refractivity contribution is 0.101. The number of ether oxygens (including phenoxy) is 3. The standard InChI is InChI=1S/C16H25NO3/c1-18-13-8-9-16(19-2)14(11-13)15(17)7-3-5-12-6-4-10-20-12/h8-9,11-12,15H,3-7,10,17H2,1-2H3. The number of rotatable bonds is 7. The van der Waals surface area contributed by atoms with Crippen molar-refractivity contribution in [2.24, 2.45) is 5.73 Å². The molecular weight excluding hydrogens is 254 g/mol. The number of methoxy groups -OCH3 is 2. The van der Waals surface area contributed by atoms with Crippen LogP contribution in [0.5, 0.6) is 11.5 Å². The van der Waals surface area contributed by atoms with Crippen molar-refractivity contribution in [1.82, 2.24) is 0 Å². The maximum Gasteiger partial charge on any atom is 0.123 e. The third-order valence-electron chi connectivity index (χ3n) is 3.90. The van der Waals surface area contributed by atoms with E-state index in [4.69, 9.17) is 19.9 Å². The zero-order chi connectivity index (χ0) is 14.4. The van der Waals surface area contributed by atoms with Gasteiger partial charge in [-0.2, -0.15) is 0 Å². The van der Waals surface area contributed by atoms with Gasteiger partial charge < -0.3 is 19.9 Å². The van der Waals surface area contributed by atoms with Crippen LogP contribution in [0.25, 0.3) is 0 Å². The molecule has 0 bridgehead atoms. The molecule has 2 rings (SSSR count). The highest BCUT2D eigenvalue weighted by atomic mass is 16.5. The van der Waals surface area contributed by atoms with Crippen molar-refractivity contribution in [3.63, 3.8) is 0 Å². The molecule has 0 amide bonds. The third-order valence-corrected chi connectivity index (χ3v) is 3.90. The summed E-state index contributed by atoms with van der Waals surface area (Å²) in [6.07, 6.45) is 5.93. The molecule has 0 aliphatic carbocycles. The van der Waals surface area contributed by atoms with Crippen LogP contribution in [0.4, 0.5) is 0 Å². The molecule has 1 fully saturated rings. The van der Waals surface area contributed by atoms with E-state index in [0.717, 1.165) is 42.9 Å². The Morgan fingerprint density at radius 3 is 2.85 bits per heavy atom. The number of nitrogens with two attached hydrogens (primary N) is 1. The highest BCUT2D eigenvalue weighted by molar-refractivity contribution is 5.42. The minimum atomic E-state index is -0.0264. The Morgan fingerprint density at radius 2 is 2.20 bits per heavy atom. The molecule has 2 unspecified atom stereocenters. The fourth-order valence-corrected chi connectivity index (χ4v) is 2.72. The highest BCUT2D eigenvalue weighted by Crippen LogP contribution is 2.31. The average molecular weight is 279 g/mol. The lowest BCUT2D eigenvalue weighted by Crippen LogP contribution is -2.13. The topological polar surface area (TPSA) is 53.7 Å². The molecule has 0 aromatic heterocycles. The van der Waals surface area contributed by atoms with Crippen molar-refractivity contribution in [1.29, 1.82) is 0 Å². The maximum absolute atomic E-state index is 6.30. The summed E-state index contributed by atoms with van der Waals surface area (Å²) in [7, 11) is 3.33. The van der Waals surface area contributed by atoms with Crippen LogP contribution in [0, 0.1) is 0 Å². The quantitative estimate of drug-likeness (QED) is 0.833. The second-order valence-corrected chi connectivity index (χ2v) is 5.28. The van der Waals surface area contributed by atoms with Crippen molar-refractivity contribution in [2.75, 3.05) is 20.8 Å². The smallest absolute Gasteiger partial charge is 0.123 e. The molecule has 0 radical (unpaired) electrons. The lowest BCUT2D eigenvalue weighted by Gasteiger charge is -2.17. The van der Waals surface area contributed by atoms with E-state index in [1.54, 1.807) is 14.2 Å². The van der Waals surface area contributed by atoms with Gasteiger partial charge in [0.15, 0.2) is 0 Å². The van der Waals surface area contributed by atoms with Crippen LogP contribution >= 0.6 is 0 Å². The van der Waals surface area contributed by atoms with Crippen LogP contribution < -0.4 is 15.2 Å². The molecule has 0 saturated carbocycles. The van der Waals surface area contributed by atoms with Crippen LogP contribution in [0.2, 0.25) is 0 Å². The first kappa shape index (κ1) is 15.1. The molecule has 2 atom stereocenters. The Kier molecular flexibility index (Phi) is 5.68. The molecule has 1 aromatic rings. The Morgan fingerprint density at radius 1 is 1.35 bits per heavy atom. The van der Waals surface area contributed by atoms with Gasteiger partial charge in [0, 0.05) is 18.2 Å². The van der Waals surface area contributed by atoms with E-state index in [0.29, 0.717) is 6.10 Å². The zero-order valence-electron chi connectivity index (χ0n) is 12.4.